The normalized spacial score (nSPS) is 16.1. The van der Waals surface area contributed by atoms with Gasteiger partial charge in [-0.2, -0.15) is 0 Å². The van der Waals surface area contributed by atoms with Crippen LogP contribution in [0.2, 0.25) is 0 Å². The summed E-state index contributed by atoms with van der Waals surface area (Å²) in [6.45, 7) is 1.99. The molecule has 4 nitrogen and oxygen atoms in total. The lowest BCUT2D eigenvalue weighted by molar-refractivity contribution is -0.115. The summed E-state index contributed by atoms with van der Waals surface area (Å²) in [4.78, 5) is 26.8. The predicted molar refractivity (Wildman–Crippen MR) is 115 cm³/mol. The second kappa shape index (κ2) is 8.09. The monoisotopic (exact) mass is 406 g/mol. The highest BCUT2D eigenvalue weighted by atomic mass is 32.2. The Labute approximate surface area is 172 Å². The van der Waals surface area contributed by atoms with Crippen LogP contribution in [0.4, 0.5) is 15.8 Å². The Kier molecular flexibility index (Phi) is 5.36. The van der Waals surface area contributed by atoms with E-state index < -0.39 is 5.82 Å². The van der Waals surface area contributed by atoms with Crippen LogP contribution in [0.15, 0.2) is 72.8 Å². The first-order valence-electron chi connectivity index (χ1n) is 9.18. The van der Waals surface area contributed by atoms with Crippen molar-refractivity contribution < 1.29 is 14.0 Å². The maximum Gasteiger partial charge on any atom is 0.255 e. The lowest BCUT2D eigenvalue weighted by Crippen LogP contribution is -2.27. The van der Waals surface area contributed by atoms with E-state index in [1.54, 1.807) is 28.8 Å². The van der Waals surface area contributed by atoms with Gasteiger partial charge in [0.1, 0.15) is 11.2 Å². The quantitative estimate of drug-likeness (QED) is 0.651. The average molecular weight is 406 g/mol. The minimum absolute atomic E-state index is 0.0554. The van der Waals surface area contributed by atoms with Gasteiger partial charge < -0.3 is 5.32 Å². The summed E-state index contributed by atoms with van der Waals surface area (Å²) in [5.41, 5.74) is 3.71. The molecule has 3 aromatic rings. The van der Waals surface area contributed by atoms with Crippen LogP contribution in [0.3, 0.4) is 0 Å². The van der Waals surface area contributed by atoms with Crippen molar-refractivity contribution in [3.05, 3.63) is 95.3 Å². The van der Waals surface area contributed by atoms with Crippen LogP contribution >= 0.6 is 11.8 Å². The maximum atomic E-state index is 13.4. The van der Waals surface area contributed by atoms with Crippen LogP contribution in [-0.4, -0.2) is 17.6 Å². The van der Waals surface area contributed by atoms with Crippen molar-refractivity contribution in [2.24, 2.45) is 0 Å². The molecule has 4 rings (SSSR count). The molecule has 0 aromatic heterocycles. The molecule has 1 aliphatic rings. The van der Waals surface area contributed by atoms with Crippen LogP contribution in [0, 0.1) is 12.7 Å². The van der Waals surface area contributed by atoms with E-state index >= 15 is 0 Å². The zero-order valence-electron chi connectivity index (χ0n) is 15.8. The molecule has 1 aliphatic heterocycles. The average Bonchev–Trinajstić information content (AvgIpc) is 3.10. The first-order valence-corrected chi connectivity index (χ1v) is 10.2. The number of nitrogens with one attached hydrogen (secondary N) is 1. The van der Waals surface area contributed by atoms with Crippen LogP contribution in [0.25, 0.3) is 0 Å². The summed E-state index contributed by atoms with van der Waals surface area (Å²) < 4.78 is 13.4. The van der Waals surface area contributed by atoms with Crippen molar-refractivity contribution in [3.8, 4) is 0 Å². The van der Waals surface area contributed by atoms with Gasteiger partial charge in [0.25, 0.3) is 5.91 Å². The third-order valence-electron chi connectivity index (χ3n) is 4.66. The minimum atomic E-state index is -0.457. The number of hydrogen-bond donors (Lipinski definition) is 1. The molecule has 6 heteroatoms. The van der Waals surface area contributed by atoms with E-state index in [-0.39, 0.29) is 22.8 Å². The Balaban J connectivity index is 1.59. The van der Waals surface area contributed by atoms with Crippen molar-refractivity contribution in [3.63, 3.8) is 0 Å². The zero-order valence-corrected chi connectivity index (χ0v) is 16.6. The molecule has 1 unspecified atom stereocenters. The number of carbonyl (C=O) groups is 2. The highest BCUT2D eigenvalue weighted by molar-refractivity contribution is 8.00. The van der Waals surface area contributed by atoms with Crippen molar-refractivity contribution in [2.75, 3.05) is 16.0 Å². The molecule has 0 bridgehead atoms. The van der Waals surface area contributed by atoms with Gasteiger partial charge >= 0.3 is 0 Å². The number of benzene rings is 3. The second-order valence-electron chi connectivity index (χ2n) is 6.86. The SMILES string of the molecule is Cc1cccc(N2C(=O)CSC2c2cccc(NC(=O)c3cccc(F)c3)c2)c1. The Morgan fingerprint density at radius 2 is 1.86 bits per heavy atom. The summed E-state index contributed by atoms with van der Waals surface area (Å²) in [6, 6.07) is 20.8. The number of carbonyl (C=O) groups excluding carboxylic acids is 2. The first kappa shape index (κ1) is 19.2. The summed E-state index contributed by atoms with van der Waals surface area (Å²) in [5.74, 6) is -0.383. The summed E-state index contributed by atoms with van der Waals surface area (Å²) >= 11 is 1.55. The fraction of sp³-hybridized carbons (Fsp3) is 0.130. The molecule has 0 spiro atoms. The number of hydrogen-bond acceptors (Lipinski definition) is 3. The van der Waals surface area contributed by atoms with Gasteiger partial charge in [-0.15, -0.1) is 11.8 Å². The molecule has 146 valence electrons. The van der Waals surface area contributed by atoms with Gasteiger partial charge in [0.2, 0.25) is 5.91 Å². The van der Waals surface area contributed by atoms with Crippen molar-refractivity contribution >= 4 is 35.0 Å². The first-order chi connectivity index (χ1) is 14.0. The van der Waals surface area contributed by atoms with Crippen LogP contribution in [0.5, 0.6) is 0 Å². The van der Waals surface area contributed by atoms with Crippen molar-refractivity contribution in [1.29, 1.82) is 0 Å². The van der Waals surface area contributed by atoms with Crippen LogP contribution in [-0.2, 0) is 4.79 Å². The van der Waals surface area contributed by atoms with Crippen LogP contribution < -0.4 is 10.2 Å². The summed E-state index contributed by atoms with van der Waals surface area (Å²) in [5, 5.41) is 2.63. The Hall–Kier alpha value is -3.12. The molecular formula is C23H19FN2O2S. The number of thioether (sulfide) groups is 1. The van der Waals surface area contributed by atoms with Gasteiger partial charge in [-0.05, 0) is 60.5 Å². The van der Waals surface area contributed by atoms with Gasteiger partial charge in [0.15, 0.2) is 0 Å². The lowest BCUT2D eigenvalue weighted by atomic mass is 10.1. The fourth-order valence-corrected chi connectivity index (χ4v) is 4.50. The van der Waals surface area contributed by atoms with Gasteiger partial charge in [-0.3, -0.25) is 14.5 Å². The largest absolute Gasteiger partial charge is 0.322 e. The topological polar surface area (TPSA) is 49.4 Å². The van der Waals surface area contributed by atoms with E-state index in [4.69, 9.17) is 0 Å². The van der Waals surface area contributed by atoms with E-state index in [2.05, 4.69) is 5.32 Å². The predicted octanol–water partition coefficient (Wildman–Crippen LogP) is 5.17. The molecule has 0 aliphatic carbocycles. The molecular weight excluding hydrogens is 387 g/mol. The third kappa shape index (κ3) is 4.17. The third-order valence-corrected chi connectivity index (χ3v) is 5.88. The summed E-state index contributed by atoms with van der Waals surface area (Å²) in [7, 11) is 0. The zero-order chi connectivity index (χ0) is 20.4. The van der Waals surface area contributed by atoms with Gasteiger partial charge in [-0.25, -0.2) is 4.39 Å². The van der Waals surface area contributed by atoms with Gasteiger partial charge in [0.05, 0.1) is 5.75 Å². The van der Waals surface area contributed by atoms with Crippen molar-refractivity contribution in [1.82, 2.24) is 0 Å². The highest BCUT2D eigenvalue weighted by Gasteiger charge is 2.34. The number of nitrogens with zero attached hydrogens (tertiary/aromatic N) is 1. The number of amides is 2. The maximum absolute atomic E-state index is 13.4. The van der Waals surface area contributed by atoms with E-state index in [0.717, 1.165) is 16.8 Å². The smallest absolute Gasteiger partial charge is 0.255 e. The molecule has 3 aromatic carbocycles. The van der Waals surface area contributed by atoms with E-state index in [1.165, 1.54) is 18.2 Å². The van der Waals surface area contributed by atoms with Crippen LogP contribution in [0.1, 0.15) is 26.9 Å². The second-order valence-corrected chi connectivity index (χ2v) is 7.92. The Morgan fingerprint density at radius 3 is 2.66 bits per heavy atom. The standard InChI is InChI=1S/C23H19FN2O2S/c1-15-5-2-10-20(11-15)26-21(27)14-29-23(26)17-7-4-9-19(13-17)25-22(28)16-6-3-8-18(24)12-16/h2-13,23H,14H2,1H3,(H,25,28). The molecule has 29 heavy (non-hydrogen) atoms. The highest BCUT2D eigenvalue weighted by Crippen LogP contribution is 2.42. The number of rotatable bonds is 4. The van der Waals surface area contributed by atoms with Gasteiger partial charge in [-0.1, -0.05) is 30.3 Å². The Morgan fingerprint density at radius 1 is 1.07 bits per heavy atom. The lowest BCUT2D eigenvalue weighted by Gasteiger charge is -2.25. The molecule has 2 amide bonds. The molecule has 0 radical (unpaired) electrons. The van der Waals surface area contributed by atoms with E-state index in [1.807, 2.05) is 49.4 Å². The molecule has 1 N–H and O–H groups in total. The van der Waals surface area contributed by atoms with Gasteiger partial charge in [0, 0.05) is 16.9 Å². The molecule has 1 fully saturated rings. The molecule has 1 saturated heterocycles. The summed E-state index contributed by atoms with van der Waals surface area (Å²) in [6.07, 6.45) is 0. The molecule has 1 atom stereocenters. The number of halogens is 1. The molecule has 1 heterocycles. The molecule has 0 saturated carbocycles. The van der Waals surface area contributed by atoms with E-state index in [0.29, 0.717) is 11.4 Å². The number of anilines is 2. The Bertz CT molecular complexity index is 1090. The van der Waals surface area contributed by atoms with E-state index in [9.17, 15) is 14.0 Å². The van der Waals surface area contributed by atoms with Crippen molar-refractivity contribution in [2.45, 2.75) is 12.3 Å². The number of aryl methyl sites for hydroxylation is 1. The minimum Gasteiger partial charge on any atom is -0.322 e. The fourth-order valence-electron chi connectivity index (χ4n) is 3.33.